The van der Waals surface area contributed by atoms with Crippen LogP contribution in [0.1, 0.15) is 22.5 Å². The molecule has 174 valence electrons. The molecule has 1 aromatic heterocycles. The molecule has 1 saturated heterocycles. The van der Waals surface area contributed by atoms with Gasteiger partial charge in [-0.1, -0.05) is 23.2 Å². The Balaban J connectivity index is 1.55. The number of benzene rings is 2. The molecule has 11 heteroatoms. The SMILES string of the molecule is COc1ccc(Cl)cc1N1CCC(NC(=O)c2cnn(-c3ccc(Cl)cc3)c2C(F)(F)F)C1. The van der Waals surface area contributed by atoms with Crippen LogP contribution >= 0.6 is 23.2 Å². The molecule has 33 heavy (non-hydrogen) atoms. The van der Waals surface area contributed by atoms with Crippen LogP contribution in [-0.4, -0.2) is 41.9 Å². The van der Waals surface area contributed by atoms with Crippen molar-refractivity contribution in [3.63, 3.8) is 0 Å². The summed E-state index contributed by atoms with van der Waals surface area (Å²) in [5, 5.41) is 7.43. The molecule has 0 spiro atoms. The predicted octanol–water partition coefficient (Wildman–Crippen LogP) is 5.22. The van der Waals surface area contributed by atoms with Gasteiger partial charge in [0, 0.05) is 29.2 Å². The Bertz CT molecular complexity index is 1170. The van der Waals surface area contributed by atoms with Crippen LogP contribution in [0.25, 0.3) is 5.69 Å². The van der Waals surface area contributed by atoms with Gasteiger partial charge in [-0.15, -0.1) is 0 Å². The number of hydrogen-bond donors (Lipinski definition) is 1. The quantitative estimate of drug-likeness (QED) is 0.524. The molecule has 0 aliphatic carbocycles. The van der Waals surface area contributed by atoms with Crippen LogP contribution in [0.2, 0.25) is 10.0 Å². The van der Waals surface area contributed by atoms with Crippen LogP contribution in [0.5, 0.6) is 5.75 Å². The number of rotatable bonds is 5. The van der Waals surface area contributed by atoms with Gasteiger partial charge in [0.05, 0.1) is 30.2 Å². The molecule has 1 fully saturated rings. The van der Waals surface area contributed by atoms with Crippen molar-refractivity contribution in [2.45, 2.75) is 18.6 Å². The van der Waals surface area contributed by atoms with Gasteiger partial charge in [-0.25, -0.2) is 4.68 Å². The van der Waals surface area contributed by atoms with Gasteiger partial charge in [0.15, 0.2) is 5.69 Å². The molecule has 2 heterocycles. The Morgan fingerprint density at radius 3 is 2.52 bits per heavy atom. The fourth-order valence-corrected chi connectivity index (χ4v) is 4.13. The summed E-state index contributed by atoms with van der Waals surface area (Å²) in [4.78, 5) is 14.8. The molecule has 3 aromatic rings. The Labute approximate surface area is 197 Å². The third-order valence-corrected chi connectivity index (χ3v) is 5.85. The highest BCUT2D eigenvalue weighted by molar-refractivity contribution is 6.31. The average Bonchev–Trinajstić information content (AvgIpc) is 3.41. The number of amides is 1. The van der Waals surface area contributed by atoms with Gasteiger partial charge in [0.1, 0.15) is 5.75 Å². The standard InChI is InChI=1S/C22H19Cl2F3N4O2/c1-33-19-7-4-14(24)10-18(19)30-9-8-15(12-30)29-21(32)17-11-28-31(20(17)22(25,26)27)16-5-2-13(23)3-6-16/h2-7,10-11,15H,8-9,12H2,1H3,(H,29,32). The molecule has 1 unspecified atom stereocenters. The van der Waals surface area contributed by atoms with Crippen LogP contribution in [-0.2, 0) is 6.18 Å². The average molecular weight is 499 g/mol. The van der Waals surface area contributed by atoms with Gasteiger partial charge in [-0.2, -0.15) is 18.3 Å². The zero-order chi connectivity index (χ0) is 23.8. The second-order valence-corrected chi connectivity index (χ2v) is 8.39. The molecule has 0 radical (unpaired) electrons. The summed E-state index contributed by atoms with van der Waals surface area (Å²) < 4.78 is 47.7. The van der Waals surface area contributed by atoms with E-state index in [2.05, 4.69) is 10.4 Å². The van der Waals surface area contributed by atoms with Crippen molar-refractivity contribution in [3.8, 4) is 11.4 Å². The van der Waals surface area contributed by atoms with Crippen LogP contribution in [0.3, 0.4) is 0 Å². The number of carbonyl (C=O) groups excluding carboxylic acids is 1. The number of nitrogens with zero attached hydrogens (tertiary/aromatic N) is 3. The van der Waals surface area contributed by atoms with Gasteiger partial charge >= 0.3 is 6.18 Å². The lowest BCUT2D eigenvalue weighted by Gasteiger charge is -2.22. The van der Waals surface area contributed by atoms with Crippen molar-refractivity contribution in [2.24, 2.45) is 0 Å². The first-order valence-corrected chi connectivity index (χ1v) is 10.7. The summed E-state index contributed by atoms with van der Waals surface area (Å²) in [7, 11) is 1.54. The Kier molecular flexibility index (Phi) is 6.45. The third kappa shape index (κ3) is 4.89. The minimum atomic E-state index is -4.79. The maximum Gasteiger partial charge on any atom is 0.434 e. The molecule has 1 N–H and O–H groups in total. The van der Waals surface area contributed by atoms with Crippen LogP contribution in [0, 0.1) is 0 Å². The number of alkyl halides is 3. The van der Waals surface area contributed by atoms with Crippen LogP contribution in [0.4, 0.5) is 18.9 Å². The number of nitrogens with one attached hydrogen (secondary N) is 1. The Morgan fingerprint density at radius 2 is 1.85 bits per heavy atom. The topological polar surface area (TPSA) is 59.4 Å². The number of hydrogen-bond acceptors (Lipinski definition) is 4. The summed E-state index contributed by atoms with van der Waals surface area (Å²) in [6.07, 6.45) is -3.31. The van der Waals surface area contributed by atoms with E-state index in [-0.39, 0.29) is 11.7 Å². The molecule has 1 amide bonds. The molecule has 6 nitrogen and oxygen atoms in total. The number of ether oxygens (including phenoxy) is 1. The maximum absolute atomic E-state index is 13.9. The summed E-state index contributed by atoms with van der Waals surface area (Å²) in [5.41, 5.74) is -0.788. The minimum absolute atomic E-state index is 0.144. The van der Waals surface area contributed by atoms with E-state index in [4.69, 9.17) is 27.9 Å². The third-order valence-electron chi connectivity index (χ3n) is 5.36. The van der Waals surface area contributed by atoms with Gasteiger partial charge in [0.25, 0.3) is 5.91 Å². The fraction of sp³-hybridized carbons (Fsp3) is 0.273. The van der Waals surface area contributed by atoms with Gasteiger partial charge in [-0.3, -0.25) is 4.79 Å². The second kappa shape index (κ2) is 9.15. The molecular weight excluding hydrogens is 480 g/mol. The first-order chi connectivity index (χ1) is 15.7. The van der Waals surface area contributed by atoms with E-state index >= 15 is 0 Å². The van der Waals surface area contributed by atoms with Crippen molar-refractivity contribution in [3.05, 3.63) is 70.0 Å². The van der Waals surface area contributed by atoms with Crippen LogP contribution in [0.15, 0.2) is 48.7 Å². The summed E-state index contributed by atoms with van der Waals surface area (Å²) in [5.74, 6) is -0.220. The van der Waals surface area contributed by atoms with Crippen molar-refractivity contribution < 1.29 is 22.7 Å². The molecule has 0 bridgehead atoms. The maximum atomic E-state index is 13.9. The fourth-order valence-electron chi connectivity index (χ4n) is 3.84. The van der Waals surface area contributed by atoms with Gasteiger partial charge < -0.3 is 15.0 Å². The minimum Gasteiger partial charge on any atom is -0.495 e. The lowest BCUT2D eigenvalue weighted by Crippen LogP contribution is -2.38. The van der Waals surface area contributed by atoms with E-state index in [9.17, 15) is 18.0 Å². The van der Waals surface area contributed by atoms with Crippen molar-refractivity contribution >= 4 is 34.8 Å². The lowest BCUT2D eigenvalue weighted by atomic mass is 10.2. The zero-order valence-electron chi connectivity index (χ0n) is 17.4. The lowest BCUT2D eigenvalue weighted by molar-refractivity contribution is -0.143. The summed E-state index contributed by atoms with van der Waals surface area (Å²) in [6, 6.07) is 10.6. The van der Waals surface area contributed by atoms with E-state index < -0.39 is 23.3 Å². The van der Waals surface area contributed by atoms with E-state index in [0.717, 1.165) is 11.9 Å². The van der Waals surface area contributed by atoms with E-state index in [0.29, 0.717) is 40.0 Å². The zero-order valence-corrected chi connectivity index (χ0v) is 18.9. The number of anilines is 1. The van der Waals surface area contributed by atoms with Gasteiger partial charge in [0.2, 0.25) is 0 Å². The summed E-state index contributed by atoms with van der Waals surface area (Å²) >= 11 is 11.9. The van der Waals surface area contributed by atoms with Crippen molar-refractivity contribution in [1.82, 2.24) is 15.1 Å². The van der Waals surface area contributed by atoms with Gasteiger partial charge in [-0.05, 0) is 48.9 Å². The van der Waals surface area contributed by atoms with E-state index in [1.807, 2.05) is 4.90 Å². The molecule has 0 saturated carbocycles. The summed E-state index contributed by atoms with van der Waals surface area (Å²) in [6.45, 7) is 0.979. The number of methoxy groups -OCH3 is 1. The molecule has 2 aromatic carbocycles. The van der Waals surface area contributed by atoms with Crippen LogP contribution < -0.4 is 15.0 Å². The van der Waals surface area contributed by atoms with E-state index in [1.54, 1.807) is 25.3 Å². The molecule has 4 rings (SSSR count). The number of halogens is 5. The first-order valence-electron chi connectivity index (χ1n) is 9.98. The Morgan fingerprint density at radius 1 is 1.15 bits per heavy atom. The van der Waals surface area contributed by atoms with Crippen molar-refractivity contribution in [1.29, 1.82) is 0 Å². The Hall–Kier alpha value is -2.91. The number of carbonyl (C=O) groups is 1. The molecular formula is C22H19Cl2F3N4O2. The first kappa shape index (κ1) is 23.3. The molecule has 1 aliphatic heterocycles. The number of aromatic nitrogens is 2. The van der Waals surface area contributed by atoms with Crippen molar-refractivity contribution in [2.75, 3.05) is 25.1 Å². The molecule has 1 atom stereocenters. The largest absolute Gasteiger partial charge is 0.495 e. The smallest absolute Gasteiger partial charge is 0.434 e. The molecule has 1 aliphatic rings. The highest BCUT2D eigenvalue weighted by Crippen LogP contribution is 2.35. The second-order valence-electron chi connectivity index (χ2n) is 7.51. The monoisotopic (exact) mass is 498 g/mol. The normalized spacial score (nSPS) is 16.2. The predicted molar refractivity (Wildman–Crippen MR) is 120 cm³/mol. The highest BCUT2D eigenvalue weighted by atomic mass is 35.5. The van der Waals surface area contributed by atoms with E-state index in [1.165, 1.54) is 24.3 Å². The highest BCUT2D eigenvalue weighted by Gasteiger charge is 2.41.